The highest BCUT2D eigenvalue weighted by molar-refractivity contribution is 7.18. The zero-order chi connectivity index (χ0) is 13.7. The summed E-state index contributed by atoms with van der Waals surface area (Å²) in [6.45, 7) is 9.03. The molecule has 1 aromatic heterocycles. The van der Waals surface area contributed by atoms with Gasteiger partial charge in [0.2, 0.25) is 0 Å². The molecular formula is C12H20N4OS. The summed E-state index contributed by atoms with van der Waals surface area (Å²) >= 11 is 1.32. The van der Waals surface area contributed by atoms with Crippen LogP contribution in [-0.4, -0.2) is 31.0 Å². The Morgan fingerprint density at radius 1 is 1.61 bits per heavy atom. The second kappa shape index (κ2) is 6.39. The van der Waals surface area contributed by atoms with Crippen LogP contribution in [0.1, 0.15) is 29.9 Å². The number of aromatic nitrogens is 1. The van der Waals surface area contributed by atoms with Crippen molar-refractivity contribution in [1.29, 1.82) is 0 Å². The lowest BCUT2D eigenvalue weighted by molar-refractivity contribution is 0.0961. The van der Waals surface area contributed by atoms with E-state index in [9.17, 15) is 4.79 Å². The van der Waals surface area contributed by atoms with Crippen molar-refractivity contribution in [3.05, 3.63) is 17.0 Å². The van der Waals surface area contributed by atoms with Crippen molar-refractivity contribution in [3.63, 3.8) is 0 Å². The van der Waals surface area contributed by atoms with Crippen molar-refractivity contribution in [3.8, 4) is 0 Å². The second-order valence-electron chi connectivity index (χ2n) is 4.27. The molecule has 0 spiro atoms. The highest BCUT2D eigenvalue weighted by Gasteiger charge is 2.17. The van der Waals surface area contributed by atoms with Crippen molar-refractivity contribution in [1.82, 2.24) is 10.3 Å². The topological polar surface area (TPSA) is 71.2 Å². The molecule has 18 heavy (non-hydrogen) atoms. The van der Waals surface area contributed by atoms with Crippen molar-refractivity contribution < 1.29 is 4.79 Å². The molecule has 1 rings (SSSR count). The van der Waals surface area contributed by atoms with Crippen LogP contribution in [0.2, 0.25) is 0 Å². The van der Waals surface area contributed by atoms with E-state index in [1.807, 2.05) is 18.9 Å². The minimum absolute atomic E-state index is 0.191. The fourth-order valence-corrected chi connectivity index (χ4v) is 2.28. The largest absolute Gasteiger partial charge is 0.382 e. The van der Waals surface area contributed by atoms with Crippen LogP contribution < -0.4 is 16.0 Å². The Morgan fingerprint density at radius 3 is 2.83 bits per heavy atom. The molecule has 0 aliphatic rings. The van der Waals surface area contributed by atoms with Crippen LogP contribution in [0, 0.1) is 0 Å². The van der Waals surface area contributed by atoms with Crippen LogP contribution in [-0.2, 0) is 0 Å². The van der Waals surface area contributed by atoms with Gasteiger partial charge in [-0.1, -0.05) is 30.4 Å². The van der Waals surface area contributed by atoms with E-state index in [2.05, 4.69) is 23.8 Å². The number of hydrogen-bond acceptors (Lipinski definition) is 5. The van der Waals surface area contributed by atoms with E-state index >= 15 is 0 Å². The average molecular weight is 268 g/mol. The molecule has 5 nitrogen and oxygen atoms in total. The number of anilines is 2. The Hall–Kier alpha value is -1.56. The molecule has 0 saturated heterocycles. The molecule has 1 amide bonds. The average Bonchev–Trinajstić information content (AvgIpc) is 2.68. The van der Waals surface area contributed by atoms with Gasteiger partial charge in [-0.25, -0.2) is 4.98 Å². The second-order valence-corrected chi connectivity index (χ2v) is 5.25. The van der Waals surface area contributed by atoms with Crippen LogP contribution in [0.3, 0.4) is 0 Å². The Labute approximate surface area is 112 Å². The fraction of sp³-hybridized carbons (Fsp3) is 0.500. The van der Waals surface area contributed by atoms with Gasteiger partial charge in [0.15, 0.2) is 5.13 Å². The lowest BCUT2D eigenvalue weighted by atomic mass is 10.3. The van der Waals surface area contributed by atoms with Crippen LogP contribution >= 0.6 is 11.3 Å². The number of nitrogens with zero attached hydrogens (tertiary/aromatic N) is 2. The summed E-state index contributed by atoms with van der Waals surface area (Å²) < 4.78 is 0. The van der Waals surface area contributed by atoms with Crippen LogP contribution in [0.15, 0.2) is 12.2 Å². The van der Waals surface area contributed by atoms with Gasteiger partial charge in [0, 0.05) is 20.1 Å². The van der Waals surface area contributed by atoms with E-state index in [1.165, 1.54) is 11.3 Å². The highest BCUT2D eigenvalue weighted by atomic mass is 32.1. The maximum absolute atomic E-state index is 11.9. The maximum atomic E-state index is 11.9. The van der Waals surface area contributed by atoms with Crippen molar-refractivity contribution in [2.75, 3.05) is 30.8 Å². The predicted octanol–water partition coefficient (Wildman–Crippen LogP) is 1.88. The van der Waals surface area contributed by atoms with Crippen LogP contribution in [0.5, 0.6) is 0 Å². The van der Waals surface area contributed by atoms with Gasteiger partial charge in [-0.2, -0.15) is 0 Å². The number of hydrogen-bond donors (Lipinski definition) is 2. The normalized spacial score (nSPS) is 10.2. The first-order chi connectivity index (χ1) is 8.45. The van der Waals surface area contributed by atoms with E-state index in [0.29, 0.717) is 11.4 Å². The zero-order valence-electron chi connectivity index (χ0n) is 11.1. The molecule has 0 fully saturated rings. The van der Waals surface area contributed by atoms with Gasteiger partial charge >= 0.3 is 0 Å². The Bertz CT molecular complexity index is 441. The van der Waals surface area contributed by atoms with E-state index in [0.717, 1.165) is 23.7 Å². The van der Waals surface area contributed by atoms with Gasteiger partial charge in [0.25, 0.3) is 5.91 Å². The number of rotatable bonds is 6. The van der Waals surface area contributed by atoms with Gasteiger partial charge in [0.05, 0.1) is 0 Å². The first-order valence-corrected chi connectivity index (χ1v) is 6.67. The smallest absolute Gasteiger partial charge is 0.265 e. The van der Waals surface area contributed by atoms with Crippen molar-refractivity contribution in [2.45, 2.75) is 20.3 Å². The number of carbonyl (C=O) groups is 1. The van der Waals surface area contributed by atoms with Gasteiger partial charge in [0.1, 0.15) is 10.7 Å². The number of amides is 1. The minimum atomic E-state index is -0.191. The molecule has 0 radical (unpaired) electrons. The molecule has 6 heteroatoms. The third-order valence-electron chi connectivity index (χ3n) is 2.28. The van der Waals surface area contributed by atoms with Gasteiger partial charge in [-0.3, -0.25) is 4.79 Å². The number of carbonyl (C=O) groups excluding carboxylic acids is 1. The van der Waals surface area contributed by atoms with Crippen LogP contribution in [0.4, 0.5) is 10.9 Å². The molecule has 0 atom stereocenters. The van der Waals surface area contributed by atoms with Crippen LogP contribution in [0.25, 0.3) is 0 Å². The van der Waals surface area contributed by atoms with Crippen molar-refractivity contribution in [2.24, 2.45) is 0 Å². The van der Waals surface area contributed by atoms with E-state index in [-0.39, 0.29) is 11.7 Å². The Balaban J connectivity index is 2.77. The monoisotopic (exact) mass is 268 g/mol. The lowest BCUT2D eigenvalue weighted by Crippen LogP contribution is -2.24. The molecule has 0 aliphatic heterocycles. The standard InChI is InChI=1S/C12H20N4OS/c1-5-6-16(4)12-15-10(13)9(18-12)11(17)14-7-8(2)3/h2,5-7,13H2,1,3-4H3,(H,14,17). The zero-order valence-corrected chi connectivity index (χ0v) is 11.9. The number of nitrogens with two attached hydrogens (primary N) is 1. The molecule has 0 aromatic carbocycles. The molecule has 0 aliphatic carbocycles. The van der Waals surface area contributed by atoms with Gasteiger partial charge < -0.3 is 16.0 Å². The van der Waals surface area contributed by atoms with E-state index in [4.69, 9.17) is 5.73 Å². The Kier molecular flexibility index (Phi) is 5.15. The highest BCUT2D eigenvalue weighted by Crippen LogP contribution is 2.27. The van der Waals surface area contributed by atoms with Crippen molar-refractivity contribution >= 4 is 28.2 Å². The molecule has 0 saturated carbocycles. The molecule has 0 bridgehead atoms. The summed E-state index contributed by atoms with van der Waals surface area (Å²) in [5.41, 5.74) is 6.67. The quantitative estimate of drug-likeness (QED) is 0.773. The third-order valence-corrected chi connectivity index (χ3v) is 3.47. The van der Waals surface area contributed by atoms with Gasteiger partial charge in [-0.05, 0) is 13.3 Å². The SMILES string of the molecule is C=C(C)CNC(=O)c1sc(N(C)CCC)nc1N. The van der Waals surface area contributed by atoms with Gasteiger partial charge in [-0.15, -0.1) is 0 Å². The van der Waals surface area contributed by atoms with E-state index in [1.54, 1.807) is 0 Å². The minimum Gasteiger partial charge on any atom is -0.382 e. The molecule has 3 N–H and O–H groups in total. The number of thiazole rings is 1. The summed E-state index contributed by atoms with van der Waals surface area (Å²) in [5, 5.41) is 3.53. The summed E-state index contributed by atoms with van der Waals surface area (Å²) in [6, 6.07) is 0. The lowest BCUT2D eigenvalue weighted by Gasteiger charge is -2.13. The Morgan fingerprint density at radius 2 is 2.28 bits per heavy atom. The molecular weight excluding hydrogens is 248 g/mol. The number of nitrogen functional groups attached to an aromatic ring is 1. The maximum Gasteiger partial charge on any atom is 0.265 e. The first kappa shape index (κ1) is 14.5. The first-order valence-electron chi connectivity index (χ1n) is 5.85. The summed E-state index contributed by atoms with van der Waals surface area (Å²) in [4.78, 5) is 18.6. The predicted molar refractivity (Wildman–Crippen MR) is 77.2 cm³/mol. The van der Waals surface area contributed by atoms with E-state index < -0.39 is 0 Å². The fourth-order valence-electron chi connectivity index (χ4n) is 1.39. The summed E-state index contributed by atoms with van der Waals surface area (Å²) in [5.74, 6) is 0.0984. The molecule has 0 unspecified atom stereocenters. The number of nitrogens with one attached hydrogen (secondary N) is 1. The third kappa shape index (κ3) is 3.73. The molecule has 1 heterocycles. The summed E-state index contributed by atoms with van der Waals surface area (Å²) in [6.07, 6.45) is 1.02. The molecule has 1 aromatic rings. The summed E-state index contributed by atoms with van der Waals surface area (Å²) in [7, 11) is 1.94. The molecule has 100 valence electrons.